The van der Waals surface area contributed by atoms with Gasteiger partial charge in [0, 0.05) is 17.6 Å². The molecule has 1 aliphatic rings. The van der Waals surface area contributed by atoms with E-state index in [9.17, 15) is 18.4 Å². The molecular weight excluding hydrogens is 312 g/mol. The number of fused-ring (bicyclic) bond motifs is 1. The summed E-state index contributed by atoms with van der Waals surface area (Å²) in [7, 11) is 0. The molecule has 2 heterocycles. The second-order valence-corrected chi connectivity index (χ2v) is 5.35. The molecule has 0 unspecified atom stereocenters. The number of aromatic nitrogens is 2. The van der Waals surface area contributed by atoms with Gasteiger partial charge in [-0.2, -0.15) is 0 Å². The molecule has 1 amide bonds. The van der Waals surface area contributed by atoms with Gasteiger partial charge in [0.15, 0.2) is 11.6 Å². The summed E-state index contributed by atoms with van der Waals surface area (Å²) in [4.78, 5) is 24.6. The number of hydrogen-bond acceptors (Lipinski definition) is 5. The van der Waals surface area contributed by atoms with Gasteiger partial charge in [0.05, 0.1) is 17.8 Å². The van der Waals surface area contributed by atoms with Crippen molar-refractivity contribution in [2.75, 3.05) is 4.90 Å². The van der Waals surface area contributed by atoms with E-state index in [4.69, 9.17) is 11.6 Å². The SMILES string of the molecule is O=C1C(=O)N(Cc2nnsc2Cl)c2cc(F)c(F)cc21. The van der Waals surface area contributed by atoms with Crippen molar-refractivity contribution in [1.82, 2.24) is 9.59 Å². The molecule has 20 heavy (non-hydrogen) atoms. The van der Waals surface area contributed by atoms with Crippen LogP contribution in [0.5, 0.6) is 0 Å². The maximum Gasteiger partial charge on any atom is 0.299 e. The average Bonchev–Trinajstić information content (AvgIpc) is 2.90. The molecule has 0 aliphatic carbocycles. The normalized spacial score (nSPS) is 14.1. The number of carbonyl (C=O) groups is 2. The van der Waals surface area contributed by atoms with Crippen LogP contribution in [-0.4, -0.2) is 21.3 Å². The lowest BCUT2D eigenvalue weighted by Crippen LogP contribution is -2.29. The van der Waals surface area contributed by atoms with E-state index in [1.165, 1.54) is 0 Å². The highest BCUT2D eigenvalue weighted by atomic mass is 35.5. The van der Waals surface area contributed by atoms with Crippen molar-refractivity contribution in [3.63, 3.8) is 0 Å². The predicted octanol–water partition coefficient (Wildman–Crippen LogP) is 2.20. The maximum absolute atomic E-state index is 13.3. The van der Waals surface area contributed by atoms with Crippen molar-refractivity contribution >= 4 is 40.5 Å². The minimum atomic E-state index is -1.18. The molecule has 9 heteroatoms. The second kappa shape index (κ2) is 4.57. The third kappa shape index (κ3) is 1.88. The number of amides is 1. The van der Waals surface area contributed by atoms with Gasteiger partial charge in [0.25, 0.3) is 11.7 Å². The zero-order valence-corrected chi connectivity index (χ0v) is 11.1. The summed E-state index contributed by atoms with van der Waals surface area (Å²) < 4.78 is 30.3. The molecule has 3 rings (SSSR count). The van der Waals surface area contributed by atoms with Crippen LogP contribution >= 0.6 is 23.1 Å². The molecule has 0 radical (unpaired) electrons. The van der Waals surface area contributed by atoms with E-state index in [1.807, 2.05) is 0 Å². The summed E-state index contributed by atoms with van der Waals surface area (Å²) in [6.07, 6.45) is 0. The zero-order valence-electron chi connectivity index (χ0n) is 9.56. The Morgan fingerprint density at radius 1 is 1.25 bits per heavy atom. The number of hydrogen-bond donors (Lipinski definition) is 0. The summed E-state index contributed by atoms with van der Waals surface area (Å²) in [5.74, 6) is -4.09. The van der Waals surface area contributed by atoms with Crippen LogP contribution in [0.4, 0.5) is 14.5 Å². The summed E-state index contributed by atoms with van der Waals surface area (Å²) in [6.45, 7) is -0.127. The van der Waals surface area contributed by atoms with Gasteiger partial charge in [-0.15, -0.1) is 5.10 Å². The number of nitrogens with zero attached hydrogens (tertiary/aromatic N) is 3. The molecule has 1 aromatic carbocycles. The van der Waals surface area contributed by atoms with Gasteiger partial charge in [-0.3, -0.25) is 14.5 Å². The highest BCUT2D eigenvalue weighted by molar-refractivity contribution is 7.10. The van der Waals surface area contributed by atoms with Crippen LogP contribution < -0.4 is 4.90 Å². The van der Waals surface area contributed by atoms with Crippen molar-refractivity contribution in [2.45, 2.75) is 6.54 Å². The first-order valence-electron chi connectivity index (χ1n) is 5.31. The van der Waals surface area contributed by atoms with Crippen LogP contribution in [0.3, 0.4) is 0 Å². The fraction of sp³-hybridized carbons (Fsp3) is 0.0909. The van der Waals surface area contributed by atoms with Gasteiger partial charge in [0.1, 0.15) is 10.0 Å². The maximum atomic E-state index is 13.3. The molecule has 1 aliphatic heterocycles. The average molecular weight is 316 g/mol. The van der Waals surface area contributed by atoms with E-state index in [2.05, 4.69) is 9.59 Å². The Morgan fingerprint density at radius 2 is 1.95 bits per heavy atom. The molecule has 0 saturated heterocycles. The van der Waals surface area contributed by atoms with Crippen LogP contribution in [0.2, 0.25) is 4.34 Å². The van der Waals surface area contributed by atoms with Crippen LogP contribution in [0.25, 0.3) is 0 Å². The Morgan fingerprint density at radius 3 is 2.60 bits per heavy atom. The molecule has 0 N–H and O–H groups in total. The highest BCUT2D eigenvalue weighted by Crippen LogP contribution is 2.33. The molecule has 2 aromatic rings. The number of anilines is 1. The molecule has 0 atom stereocenters. The summed E-state index contributed by atoms with van der Waals surface area (Å²) in [6, 6.07) is 1.52. The molecular formula is C11H4ClF2N3O2S. The fourth-order valence-corrected chi connectivity index (χ4v) is 2.50. The standard InChI is InChI=1S/C11H4ClF2N3O2S/c12-10-7(15-16-20-10)3-17-8-2-6(14)5(13)1-4(8)9(18)11(17)19/h1-2H,3H2. The lowest BCUT2D eigenvalue weighted by Gasteiger charge is -2.14. The fourth-order valence-electron chi connectivity index (χ4n) is 1.89. The highest BCUT2D eigenvalue weighted by Gasteiger charge is 2.37. The van der Waals surface area contributed by atoms with Crippen molar-refractivity contribution in [2.24, 2.45) is 0 Å². The van der Waals surface area contributed by atoms with Crippen LogP contribution in [-0.2, 0) is 11.3 Å². The number of carbonyl (C=O) groups excluding carboxylic acids is 2. The summed E-state index contributed by atoms with van der Waals surface area (Å²) in [5.41, 5.74) is 0.117. The van der Waals surface area contributed by atoms with E-state index in [0.29, 0.717) is 6.07 Å². The number of ketones is 1. The van der Waals surface area contributed by atoms with Crippen LogP contribution in [0.15, 0.2) is 12.1 Å². The Bertz CT molecular complexity index is 749. The van der Waals surface area contributed by atoms with E-state index in [1.54, 1.807) is 0 Å². The quantitative estimate of drug-likeness (QED) is 0.797. The molecule has 5 nitrogen and oxygen atoms in total. The van der Waals surface area contributed by atoms with Gasteiger partial charge in [-0.05, 0) is 6.07 Å². The van der Waals surface area contributed by atoms with E-state index in [0.717, 1.165) is 22.5 Å². The monoisotopic (exact) mass is 315 g/mol. The first-order chi connectivity index (χ1) is 9.49. The first kappa shape index (κ1) is 13.1. The van der Waals surface area contributed by atoms with Gasteiger partial charge < -0.3 is 0 Å². The Balaban J connectivity index is 2.06. The van der Waals surface area contributed by atoms with Crippen molar-refractivity contribution in [3.05, 3.63) is 39.4 Å². The van der Waals surface area contributed by atoms with E-state index in [-0.39, 0.29) is 27.8 Å². The van der Waals surface area contributed by atoms with Gasteiger partial charge >= 0.3 is 0 Å². The van der Waals surface area contributed by atoms with Crippen molar-refractivity contribution in [1.29, 1.82) is 0 Å². The largest absolute Gasteiger partial charge is 0.299 e. The third-order valence-electron chi connectivity index (χ3n) is 2.83. The van der Waals surface area contributed by atoms with E-state index < -0.39 is 23.3 Å². The van der Waals surface area contributed by atoms with E-state index >= 15 is 0 Å². The molecule has 0 saturated carbocycles. The molecule has 0 bridgehead atoms. The summed E-state index contributed by atoms with van der Waals surface area (Å²) in [5, 5.41) is 3.72. The van der Waals surface area contributed by atoms with Crippen molar-refractivity contribution in [3.8, 4) is 0 Å². The lowest BCUT2D eigenvalue weighted by atomic mass is 10.1. The number of benzene rings is 1. The minimum Gasteiger partial charge on any atom is -0.298 e. The van der Waals surface area contributed by atoms with Gasteiger partial charge in [-0.1, -0.05) is 16.1 Å². The Kier molecular flexibility index (Phi) is 2.98. The lowest BCUT2D eigenvalue weighted by molar-refractivity contribution is -0.114. The molecule has 0 spiro atoms. The number of Topliss-reactive ketones (excluding diaryl/α,β-unsaturated/α-hetero) is 1. The van der Waals surface area contributed by atoms with Crippen LogP contribution in [0, 0.1) is 11.6 Å². The second-order valence-electron chi connectivity index (χ2n) is 4.00. The zero-order chi connectivity index (χ0) is 14.4. The number of halogens is 3. The van der Waals surface area contributed by atoms with Gasteiger partial charge in [-0.25, -0.2) is 8.78 Å². The first-order valence-corrected chi connectivity index (χ1v) is 6.46. The summed E-state index contributed by atoms with van der Waals surface area (Å²) >= 11 is 6.75. The minimum absolute atomic E-state index is 0.00275. The molecule has 1 aromatic heterocycles. The van der Waals surface area contributed by atoms with Gasteiger partial charge in [0.2, 0.25) is 0 Å². The topological polar surface area (TPSA) is 63.2 Å². The molecule has 0 fully saturated rings. The third-order valence-corrected chi connectivity index (χ3v) is 3.82. The Hall–Kier alpha value is -1.93. The predicted molar refractivity (Wildman–Crippen MR) is 66.8 cm³/mol. The van der Waals surface area contributed by atoms with Crippen molar-refractivity contribution < 1.29 is 18.4 Å². The molecule has 102 valence electrons. The Labute approximate surface area is 119 Å². The van der Waals surface area contributed by atoms with Crippen LogP contribution in [0.1, 0.15) is 16.1 Å². The smallest absolute Gasteiger partial charge is 0.298 e. The number of rotatable bonds is 2.